The number of phenols is 2. The topological polar surface area (TPSA) is 66.8 Å². The van der Waals surface area contributed by atoms with Gasteiger partial charge in [-0.1, -0.05) is 31.6 Å². The van der Waals surface area contributed by atoms with E-state index < -0.39 is 0 Å². The molecular formula is C21H32O4. The lowest BCUT2D eigenvalue weighted by molar-refractivity contribution is -0.144. The number of hydrogen-bond donors (Lipinski definition) is 2. The SMILES string of the molecule is CC(C)=CCC[C@@H](C)CCOC(=O)CCC(C)c1ccc(O)cc1O. The van der Waals surface area contributed by atoms with Crippen molar-refractivity contribution in [3.63, 3.8) is 0 Å². The first-order chi connectivity index (χ1) is 11.8. The fraction of sp³-hybridized carbons (Fsp3) is 0.571. The first kappa shape index (κ1) is 21.1. The third-order valence-corrected chi connectivity index (χ3v) is 4.41. The molecule has 1 aromatic rings. The maximum atomic E-state index is 11.9. The van der Waals surface area contributed by atoms with Gasteiger partial charge in [0.15, 0.2) is 0 Å². The molecule has 0 saturated heterocycles. The van der Waals surface area contributed by atoms with Crippen molar-refractivity contribution in [3.8, 4) is 11.5 Å². The lowest BCUT2D eigenvalue weighted by Crippen LogP contribution is -2.09. The van der Waals surface area contributed by atoms with Crippen LogP contribution in [0.15, 0.2) is 29.8 Å². The van der Waals surface area contributed by atoms with Crippen LogP contribution >= 0.6 is 0 Å². The van der Waals surface area contributed by atoms with Crippen LogP contribution in [0, 0.1) is 5.92 Å². The number of rotatable bonds is 10. The first-order valence-electron chi connectivity index (χ1n) is 9.10. The van der Waals surface area contributed by atoms with Gasteiger partial charge >= 0.3 is 5.97 Å². The third kappa shape index (κ3) is 8.62. The predicted octanol–water partition coefficient (Wildman–Crippen LogP) is 5.30. The van der Waals surface area contributed by atoms with Crippen molar-refractivity contribution in [2.45, 2.75) is 65.7 Å². The fourth-order valence-electron chi connectivity index (χ4n) is 2.69. The zero-order valence-corrected chi connectivity index (χ0v) is 15.9. The number of hydrogen-bond acceptors (Lipinski definition) is 4. The smallest absolute Gasteiger partial charge is 0.305 e. The zero-order valence-electron chi connectivity index (χ0n) is 15.9. The van der Waals surface area contributed by atoms with E-state index in [0.717, 1.165) is 24.8 Å². The highest BCUT2D eigenvalue weighted by Crippen LogP contribution is 2.31. The van der Waals surface area contributed by atoms with Gasteiger partial charge in [-0.25, -0.2) is 0 Å². The first-order valence-corrected chi connectivity index (χ1v) is 9.10. The normalized spacial score (nSPS) is 13.1. The summed E-state index contributed by atoms with van der Waals surface area (Å²) >= 11 is 0. The Balaban J connectivity index is 2.25. The molecule has 2 N–H and O–H groups in total. The second kappa shape index (κ2) is 10.8. The van der Waals surface area contributed by atoms with Crippen LogP contribution in [-0.2, 0) is 9.53 Å². The Bertz CT molecular complexity index is 573. The quantitative estimate of drug-likeness (QED) is 0.445. The molecule has 25 heavy (non-hydrogen) atoms. The van der Waals surface area contributed by atoms with Crippen molar-refractivity contribution in [1.29, 1.82) is 0 Å². The van der Waals surface area contributed by atoms with E-state index in [2.05, 4.69) is 26.8 Å². The number of phenolic OH excluding ortho intramolecular Hbond substituents is 2. The standard InChI is InChI=1S/C21H32O4/c1-15(2)6-5-7-16(3)12-13-25-21(24)11-8-17(4)19-10-9-18(22)14-20(19)23/h6,9-10,14,16-17,22-23H,5,7-8,11-13H2,1-4H3/t16-,17?/m1/s1. The molecule has 4 heteroatoms. The fourth-order valence-corrected chi connectivity index (χ4v) is 2.69. The molecule has 4 nitrogen and oxygen atoms in total. The van der Waals surface area contributed by atoms with Crippen LogP contribution in [0.4, 0.5) is 0 Å². The largest absolute Gasteiger partial charge is 0.508 e. The zero-order chi connectivity index (χ0) is 18.8. The number of esters is 1. The van der Waals surface area contributed by atoms with Crippen molar-refractivity contribution >= 4 is 5.97 Å². The van der Waals surface area contributed by atoms with E-state index in [1.165, 1.54) is 11.6 Å². The average Bonchev–Trinajstić information content (AvgIpc) is 2.52. The van der Waals surface area contributed by atoms with E-state index >= 15 is 0 Å². The predicted molar refractivity (Wildman–Crippen MR) is 101 cm³/mol. The Morgan fingerprint density at radius 3 is 2.52 bits per heavy atom. The number of allylic oxidation sites excluding steroid dienone is 2. The second-order valence-corrected chi connectivity index (χ2v) is 7.16. The lowest BCUT2D eigenvalue weighted by atomic mass is 9.95. The van der Waals surface area contributed by atoms with Gasteiger partial charge in [-0.2, -0.15) is 0 Å². The van der Waals surface area contributed by atoms with Crippen LogP contribution in [-0.4, -0.2) is 22.8 Å². The van der Waals surface area contributed by atoms with Gasteiger partial charge < -0.3 is 14.9 Å². The van der Waals surface area contributed by atoms with Crippen molar-refractivity contribution in [2.75, 3.05) is 6.61 Å². The Morgan fingerprint density at radius 2 is 1.88 bits per heavy atom. The van der Waals surface area contributed by atoms with E-state index in [4.69, 9.17) is 4.74 Å². The molecule has 0 bridgehead atoms. The summed E-state index contributed by atoms with van der Waals surface area (Å²) in [6.07, 6.45) is 6.24. The van der Waals surface area contributed by atoms with Crippen LogP contribution in [0.2, 0.25) is 0 Å². The van der Waals surface area contributed by atoms with Crippen LogP contribution in [0.5, 0.6) is 11.5 Å². The maximum Gasteiger partial charge on any atom is 0.305 e. The van der Waals surface area contributed by atoms with Crippen molar-refractivity contribution < 1.29 is 19.7 Å². The maximum absolute atomic E-state index is 11.9. The van der Waals surface area contributed by atoms with Crippen LogP contribution < -0.4 is 0 Å². The minimum atomic E-state index is -0.193. The summed E-state index contributed by atoms with van der Waals surface area (Å²) < 4.78 is 5.32. The monoisotopic (exact) mass is 348 g/mol. The molecule has 1 unspecified atom stereocenters. The van der Waals surface area contributed by atoms with Crippen LogP contribution in [0.25, 0.3) is 0 Å². The third-order valence-electron chi connectivity index (χ3n) is 4.41. The number of carbonyl (C=O) groups excluding carboxylic acids is 1. The number of ether oxygens (including phenoxy) is 1. The Hall–Kier alpha value is -1.97. The molecule has 140 valence electrons. The highest BCUT2D eigenvalue weighted by Gasteiger charge is 2.14. The highest BCUT2D eigenvalue weighted by molar-refractivity contribution is 5.69. The number of benzene rings is 1. The molecule has 0 radical (unpaired) electrons. The summed E-state index contributed by atoms with van der Waals surface area (Å²) in [7, 11) is 0. The molecule has 1 rings (SSSR count). The Labute approximate surface area is 151 Å². The number of carbonyl (C=O) groups is 1. The molecule has 0 aliphatic heterocycles. The molecule has 0 spiro atoms. The van der Waals surface area contributed by atoms with Gasteiger partial charge in [0.1, 0.15) is 11.5 Å². The molecule has 2 atom stereocenters. The van der Waals surface area contributed by atoms with Gasteiger partial charge in [0, 0.05) is 12.5 Å². The van der Waals surface area contributed by atoms with Gasteiger partial charge in [-0.3, -0.25) is 4.79 Å². The van der Waals surface area contributed by atoms with E-state index in [1.807, 2.05) is 6.92 Å². The molecule has 0 fully saturated rings. The van der Waals surface area contributed by atoms with Crippen molar-refractivity contribution in [1.82, 2.24) is 0 Å². The minimum absolute atomic E-state index is 0.0242. The Morgan fingerprint density at radius 1 is 1.16 bits per heavy atom. The molecule has 0 aliphatic rings. The second-order valence-electron chi connectivity index (χ2n) is 7.16. The van der Waals surface area contributed by atoms with E-state index in [9.17, 15) is 15.0 Å². The van der Waals surface area contributed by atoms with E-state index in [1.54, 1.807) is 12.1 Å². The molecule has 0 saturated carbocycles. The van der Waals surface area contributed by atoms with Crippen LogP contribution in [0.1, 0.15) is 71.3 Å². The van der Waals surface area contributed by atoms with Gasteiger partial charge in [0.25, 0.3) is 0 Å². The molecule has 0 aromatic heterocycles. The van der Waals surface area contributed by atoms with Gasteiger partial charge in [0.2, 0.25) is 0 Å². The molecule has 0 heterocycles. The summed E-state index contributed by atoms with van der Waals surface area (Å²) in [5.41, 5.74) is 2.07. The average molecular weight is 348 g/mol. The molecule has 0 amide bonds. The highest BCUT2D eigenvalue weighted by atomic mass is 16.5. The summed E-state index contributed by atoms with van der Waals surface area (Å²) in [5, 5.41) is 19.2. The number of aromatic hydroxyl groups is 2. The minimum Gasteiger partial charge on any atom is -0.508 e. The lowest BCUT2D eigenvalue weighted by Gasteiger charge is -2.14. The summed E-state index contributed by atoms with van der Waals surface area (Å²) in [6, 6.07) is 4.55. The van der Waals surface area contributed by atoms with E-state index in [0.29, 0.717) is 25.4 Å². The van der Waals surface area contributed by atoms with Crippen molar-refractivity contribution in [3.05, 3.63) is 35.4 Å². The molecule has 1 aromatic carbocycles. The van der Waals surface area contributed by atoms with E-state index in [-0.39, 0.29) is 23.4 Å². The van der Waals surface area contributed by atoms with Gasteiger partial charge in [0.05, 0.1) is 6.61 Å². The molecule has 0 aliphatic carbocycles. The summed E-state index contributed by atoms with van der Waals surface area (Å²) in [6.45, 7) is 8.80. The van der Waals surface area contributed by atoms with Gasteiger partial charge in [-0.15, -0.1) is 0 Å². The summed E-state index contributed by atoms with van der Waals surface area (Å²) in [5.74, 6) is 0.464. The molecular weight excluding hydrogens is 316 g/mol. The summed E-state index contributed by atoms with van der Waals surface area (Å²) in [4.78, 5) is 11.9. The van der Waals surface area contributed by atoms with Crippen LogP contribution in [0.3, 0.4) is 0 Å². The Kier molecular flexibility index (Phi) is 9.11. The van der Waals surface area contributed by atoms with Crippen molar-refractivity contribution in [2.24, 2.45) is 5.92 Å². The van der Waals surface area contributed by atoms with Gasteiger partial charge in [-0.05, 0) is 63.0 Å².